The Bertz CT molecular complexity index is 299. The highest BCUT2D eigenvalue weighted by molar-refractivity contribution is 5.80. The van der Waals surface area contributed by atoms with Crippen LogP contribution in [0.5, 0.6) is 0 Å². The molecule has 2 N–H and O–H groups in total. The fourth-order valence-corrected chi connectivity index (χ4v) is 1.98. The molecule has 4 heteroatoms. The zero-order valence-corrected chi connectivity index (χ0v) is 10.2. The molecule has 0 aromatic carbocycles. The van der Waals surface area contributed by atoms with Crippen molar-refractivity contribution in [1.29, 1.82) is 0 Å². The Morgan fingerprint density at radius 2 is 2.06 bits per heavy atom. The Morgan fingerprint density at radius 1 is 1.38 bits per heavy atom. The first kappa shape index (κ1) is 12.8. The monoisotopic (exact) mass is 223 g/mol. The molecule has 0 bridgehead atoms. The summed E-state index contributed by atoms with van der Waals surface area (Å²) in [5.41, 5.74) is 1.49. The van der Waals surface area contributed by atoms with Crippen molar-refractivity contribution in [2.45, 2.75) is 26.3 Å². The molecule has 0 radical (unpaired) electrons. The van der Waals surface area contributed by atoms with Crippen molar-refractivity contribution >= 4 is 5.91 Å². The van der Waals surface area contributed by atoms with Crippen LogP contribution in [0.3, 0.4) is 0 Å². The number of amides is 1. The SMILES string of the molecule is C=C1NC(=O)CC2CNCCN2C1=C.CC. The lowest BCUT2D eigenvalue weighted by Gasteiger charge is -2.36. The summed E-state index contributed by atoms with van der Waals surface area (Å²) in [4.78, 5) is 13.6. The van der Waals surface area contributed by atoms with E-state index >= 15 is 0 Å². The molecule has 1 amide bonds. The second kappa shape index (κ2) is 5.70. The number of nitrogens with zero attached hydrogens (tertiary/aromatic N) is 1. The van der Waals surface area contributed by atoms with Gasteiger partial charge in [-0.25, -0.2) is 0 Å². The van der Waals surface area contributed by atoms with Gasteiger partial charge in [0.25, 0.3) is 0 Å². The van der Waals surface area contributed by atoms with Crippen LogP contribution < -0.4 is 10.6 Å². The summed E-state index contributed by atoms with van der Waals surface area (Å²) in [6, 6.07) is 0.232. The second-order valence-electron chi connectivity index (χ2n) is 3.73. The molecular weight excluding hydrogens is 202 g/mol. The molecular formula is C12H21N3O. The van der Waals surface area contributed by atoms with Crippen LogP contribution in [0.2, 0.25) is 0 Å². The first-order valence-corrected chi connectivity index (χ1v) is 5.84. The van der Waals surface area contributed by atoms with E-state index in [1.807, 2.05) is 13.8 Å². The lowest BCUT2D eigenvalue weighted by Crippen LogP contribution is -2.50. The first-order valence-electron chi connectivity index (χ1n) is 5.84. The molecule has 0 aromatic heterocycles. The highest BCUT2D eigenvalue weighted by Crippen LogP contribution is 2.20. The summed E-state index contributed by atoms with van der Waals surface area (Å²) < 4.78 is 0. The molecule has 90 valence electrons. The smallest absolute Gasteiger partial charge is 0.226 e. The van der Waals surface area contributed by atoms with Gasteiger partial charge in [-0.2, -0.15) is 0 Å². The van der Waals surface area contributed by atoms with Crippen LogP contribution >= 0.6 is 0 Å². The van der Waals surface area contributed by atoms with E-state index < -0.39 is 0 Å². The Labute approximate surface area is 97.4 Å². The quantitative estimate of drug-likeness (QED) is 0.639. The molecule has 1 atom stereocenters. The van der Waals surface area contributed by atoms with Crippen molar-refractivity contribution in [2.24, 2.45) is 0 Å². The van der Waals surface area contributed by atoms with E-state index in [-0.39, 0.29) is 11.9 Å². The number of piperazine rings is 1. The number of nitrogens with one attached hydrogen (secondary N) is 2. The van der Waals surface area contributed by atoms with Gasteiger partial charge >= 0.3 is 0 Å². The molecule has 16 heavy (non-hydrogen) atoms. The van der Waals surface area contributed by atoms with Crippen LogP contribution in [-0.4, -0.2) is 36.5 Å². The minimum atomic E-state index is 0.0346. The molecule has 0 saturated carbocycles. The number of carbonyl (C=O) groups excluding carboxylic acids is 1. The van der Waals surface area contributed by atoms with Crippen LogP contribution in [0.15, 0.2) is 24.6 Å². The summed E-state index contributed by atoms with van der Waals surface area (Å²) in [5, 5.41) is 6.02. The van der Waals surface area contributed by atoms with Gasteiger partial charge in [-0.1, -0.05) is 27.0 Å². The zero-order valence-electron chi connectivity index (χ0n) is 10.2. The first-order chi connectivity index (χ1) is 7.68. The molecule has 2 fully saturated rings. The van der Waals surface area contributed by atoms with Crippen LogP contribution in [-0.2, 0) is 4.79 Å². The molecule has 0 spiro atoms. The maximum atomic E-state index is 11.4. The van der Waals surface area contributed by atoms with Crippen molar-refractivity contribution in [2.75, 3.05) is 19.6 Å². The molecule has 0 aromatic rings. The molecule has 2 saturated heterocycles. The number of hydrogen-bond acceptors (Lipinski definition) is 3. The van der Waals surface area contributed by atoms with Crippen molar-refractivity contribution in [3.8, 4) is 0 Å². The van der Waals surface area contributed by atoms with Crippen molar-refractivity contribution < 1.29 is 4.79 Å². The predicted octanol–water partition coefficient (Wildman–Crippen LogP) is 0.834. The fourth-order valence-electron chi connectivity index (χ4n) is 1.98. The Morgan fingerprint density at radius 3 is 2.75 bits per heavy atom. The van der Waals surface area contributed by atoms with E-state index in [4.69, 9.17) is 0 Å². The lowest BCUT2D eigenvalue weighted by molar-refractivity contribution is -0.120. The van der Waals surface area contributed by atoms with Crippen molar-refractivity contribution in [1.82, 2.24) is 15.5 Å². The summed E-state index contributed by atoms with van der Waals surface area (Å²) in [5.74, 6) is 0.0346. The van der Waals surface area contributed by atoms with Gasteiger partial charge in [0.1, 0.15) is 0 Å². The van der Waals surface area contributed by atoms with Gasteiger partial charge in [-0.05, 0) is 0 Å². The third-order valence-electron chi connectivity index (χ3n) is 2.76. The minimum Gasteiger partial charge on any atom is -0.364 e. The average molecular weight is 223 g/mol. The van der Waals surface area contributed by atoms with Crippen LogP contribution in [0.25, 0.3) is 0 Å². The van der Waals surface area contributed by atoms with Gasteiger partial charge in [-0.15, -0.1) is 0 Å². The van der Waals surface area contributed by atoms with E-state index in [1.54, 1.807) is 0 Å². The van der Waals surface area contributed by atoms with Crippen LogP contribution in [0.4, 0.5) is 0 Å². The molecule has 0 aliphatic carbocycles. The Hall–Kier alpha value is -1.29. The maximum absolute atomic E-state index is 11.4. The van der Waals surface area contributed by atoms with Crippen molar-refractivity contribution in [3.05, 3.63) is 24.6 Å². The number of hydrogen-bond donors (Lipinski definition) is 2. The average Bonchev–Trinajstić information content (AvgIpc) is 2.40. The van der Waals surface area contributed by atoms with E-state index in [1.165, 1.54) is 0 Å². The largest absolute Gasteiger partial charge is 0.364 e. The number of carbonyl (C=O) groups is 1. The molecule has 2 aliphatic rings. The normalized spacial score (nSPS) is 25.0. The number of rotatable bonds is 0. The van der Waals surface area contributed by atoms with Gasteiger partial charge in [0.2, 0.25) is 5.91 Å². The topological polar surface area (TPSA) is 44.4 Å². The molecule has 2 rings (SSSR count). The molecule has 1 unspecified atom stereocenters. The molecule has 4 nitrogen and oxygen atoms in total. The van der Waals surface area contributed by atoms with Crippen molar-refractivity contribution in [3.63, 3.8) is 0 Å². The van der Waals surface area contributed by atoms with Gasteiger partial charge in [-0.3, -0.25) is 4.79 Å². The van der Waals surface area contributed by atoms with Crippen LogP contribution in [0.1, 0.15) is 20.3 Å². The molecule has 2 heterocycles. The van der Waals surface area contributed by atoms with E-state index in [9.17, 15) is 4.79 Å². The highest BCUT2D eigenvalue weighted by Gasteiger charge is 2.29. The van der Waals surface area contributed by atoms with Crippen LogP contribution in [0, 0.1) is 0 Å². The maximum Gasteiger partial charge on any atom is 0.226 e. The second-order valence-corrected chi connectivity index (χ2v) is 3.73. The van der Waals surface area contributed by atoms with Gasteiger partial charge in [0, 0.05) is 26.1 Å². The summed E-state index contributed by atoms with van der Waals surface area (Å²) >= 11 is 0. The molecule has 2 aliphatic heterocycles. The van der Waals surface area contributed by atoms with Gasteiger partial charge < -0.3 is 15.5 Å². The van der Waals surface area contributed by atoms with Gasteiger partial charge in [0.05, 0.1) is 17.4 Å². The minimum absolute atomic E-state index is 0.0346. The summed E-state index contributed by atoms with van der Waals surface area (Å²) in [7, 11) is 0. The van der Waals surface area contributed by atoms with E-state index in [0.29, 0.717) is 12.1 Å². The number of fused-ring (bicyclic) bond motifs is 1. The highest BCUT2D eigenvalue weighted by atomic mass is 16.1. The summed E-state index contributed by atoms with van der Waals surface area (Å²) in [6.07, 6.45) is 0.519. The van der Waals surface area contributed by atoms with E-state index in [0.717, 1.165) is 25.3 Å². The predicted molar refractivity (Wildman–Crippen MR) is 65.8 cm³/mol. The summed E-state index contributed by atoms with van der Waals surface area (Å²) in [6.45, 7) is 14.4. The zero-order chi connectivity index (χ0) is 12.1. The van der Waals surface area contributed by atoms with Gasteiger partial charge in [0.15, 0.2) is 0 Å². The Kier molecular flexibility index (Phi) is 4.55. The third kappa shape index (κ3) is 2.64. The fraction of sp³-hybridized carbons (Fsp3) is 0.583. The van der Waals surface area contributed by atoms with E-state index in [2.05, 4.69) is 28.7 Å². The third-order valence-corrected chi connectivity index (χ3v) is 2.76. The standard InChI is InChI=1S/C10H15N3O.C2H6/c1-7-8(2)13-4-3-11-6-9(13)5-10(14)12-7;1-2/h9,11H,1-6H2,(H,12,14);1-2H3. The lowest BCUT2D eigenvalue weighted by atomic mass is 10.1. The Balaban J connectivity index is 0.000000606.